The normalized spacial score (nSPS) is 27.5. The van der Waals surface area contributed by atoms with Gasteiger partial charge in [0, 0.05) is 95.6 Å². The summed E-state index contributed by atoms with van der Waals surface area (Å²) in [4.78, 5) is 48.7. The predicted octanol–water partition coefficient (Wildman–Crippen LogP) is 7.54. The van der Waals surface area contributed by atoms with Crippen molar-refractivity contribution < 1.29 is 84.1 Å². The van der Waals surface area contributed by atoms with Crippen molar-refractivity contribution in [1.29, 1.82) is 0 Å². The van der Waals surface area contributed by atoms with Gasteiger partial charge in [0.1, 0.15) is 29.1 Å². The van der Waals surface area contributed by atoms with Gasteiger partial charge in [-0.15, -0.1) is 18.1 Å². The Labute approximate surface area is 472 Å². The van der Waals surface area contributed by atoms with Gasteiger partial charge in [-0.1, -0.05) is 31.2 Å². The third-order valence-electron chi connectivity index (χ3n) is 13.2. The summed E-state index contributed by atoms with van der Waals surface area (Å²) in [7, 11) is 6.51. The first-order chi connectivity index (χ1) is 37.1. The number of ether oxygens (including phenoxy) is 9. The molecule has 3 fully saturated rings. The van der Waals surface area contributed by atoms with Gasteiger partial charge >= 0.3 is 5.97 Å². The van der Waals surface area contributed by atoms with Crippen molar-refractivity contribution in [3.63, 3.8) is 0 Å². The molecule has 77 heavy (non-hydrogen) atoms. The van der Waals surface area contributed by atoms with E-state index < -0.39 is 43.8 Å². The van der Waals surface area contributed by atoms with E-state index in [1.807, 2.05) is 6.92 Å². The molecule has 3 saturated heterocycles. The Hall–Kier alpha value is -2.52. The number of benzene rings is 3. The predicted molar refractivity (Wildman–Crippen MR) is 302 cm³/mol. The Kier molecular flexibility index (Phi) is 24.2. The quantitative estimate of drug-likeness (QED) is 0.0428. The number of nitrogens with one attached hydrogen (secondary N) is 1. The molecule has 13 atom stereocenters. The summed E-state index contributed by atoms with van der Waals surface area (Å²) in [6, 6.07) is 14.1. The minimum Gasteiger partial charge on any atom is -0.821 e. The van der Waals surface area contributed by atoms with E-state index in [0.717, 1.165) is 32.3 Å². The first-order valence-corrected chi connectivity index (χ1v) is 35.3. The number of rotatable bonds is 20. The first-order valence-electron chi connectivity index (χ1n) is 26.6. The Balaban J connectivity index is 0.000000224. The SMILES string of the molecule is COCC(C)CCCCNC(=O)c1ccc2c(c1)C(=O)OC21c2ccc(O)cc2Oc2cc(O)ccc21.COC[C@H]1O[C@@H](C)CC1OP(C)([O-])=S.[3H][C@H]1CC(OC)[C@@H](CCP(C)(=O)[S-])O1.[3H][C@H]1CC(OC)[C@@H](CCP(C)([O-])=S)O1. The zero-order chi connectivity index (χ0) is 58.5. The second kappa shape index (κ2) is 30.0. The van der Waals surface area contributed by atoms with E-state index in [2.05, 4.69) is 12.2 Å². The Morgan fingerprint density at radius 3 is 1.95 bits per heavy atom. The van der Waals surface area contributed by atoms with E-state index in [-0.39, 0.29) is 65.7 Å². The number of hydrogen-bond donors (Lipinski definition) is 3. The molecular weight excluding hydrogens is 1110 g/mol. The number of methoxy groups -OCH3 is 4. The van der Waals surface area contributed by atoms with Gasteiger partial charge < -0.3 is 89.3 Å². The monoisotopic (exact) mass is 1190 g/mol. The third-order valence-corrected chi connectivity index (χ3v) is 17.4. The van der Waals surface area contributed by atoms with Gasteiger partial charge in [0.25, 0.3) is 5.91 Å². The topological polar surface area (TPSA) is 242 Å². The summed E-state index contributed by atoms with van der Waals surface area (Å²) < 4.78 is 80.2. The van der Waals surface area contributed by atoms with E-state index in [9.17, 15) is 34.2 Å². The summed E-state index contributed by atoms with van der Waals surface area (Å²) in [5, 5.41) is 23.0. The molecule has 7 unspecified atom stereocenters. The van der Waals surface area contributed by atoms with Crippen molar-refractivity contribution in [2.75, 3.05) is 93.7 Å². The molecule has 5 heterocycles. The highest BCUT2D eigenvalue weighted by molar-refractivity contribution is 8.36. The second-order valence-corrected chi connectivity index (χ2v) is 33.3. The van der Waals surface area contributed by atoms with Gasteiger partial charge in [-0.25, -0.2) is 4.79 Å². The largest absolute Gasteiger partial charge is 0.821 e. The van der Waals surface area contributed by atoms with Gasteiger partial charge in [0.15, 0.2) is 5.60 Å². The van der Waals surface area contributed by atoms with Gasteiger partial charge in [0.05, 0.1) is 51.5 Å². The lowest BCUT2D eigenvalue weighted by molar-refractivity contribution is -0.186. The molecule has 0 aromatic heterocycles. The molecule has 0 saturated carbocycles. The van der Waals surface area contributed by atoms with Crippen molar-refractivity contribution in [3.8, 4) is 23.0 Å². The number of hydrogen-bond acceptors (Lipinski definition) is 20. The second-order valence-electron chi connectivity index (χ2n) is 20.0. The van der Waals surface area contributed by atoms with E-state index >= 15 is 0 Å². The molecule has 3 aromatic rings. The van der Waals surface area contributed by atoms with Crippen LogP contribution in [0.5, 0.6) is 23.0 Å². The number of amides is 1. The maximum atomic E-state index is 13.2. The molecule has 3 N–H and O–H groups in total. The van der Waals surface area contributed by atoms with E-state index in [1.165, 1.54) is 30.9 Å². The lowest BCUT2D eigenvalue weighted by atomic mass is 9.77. The maximum Gasteiger partial charge on any atom is 0.340 e. The van der Waals surface area contributed by atoms with E-state index in [4.69, 9.17) is 85.8 Å². The molecule has 1 amide bonds. The molecule has 5 aliphatic heterocycles. The Bertz CT molecular complexity index is 2540. The average Bonchev–Trinajstić information content (AvgIpc) is 4.34. The Morgan fingerprint density at radius 2 is 1.43 bits per heavy atom. The molecule has 1 spiro atoms. The summed E-state index contributed by atoms with van der Waals surface area (Å²) >= 11 is 14.4. The number of phenolic OH excluding ortho intramolecular Hbond substituents is 2. The molecule has 0 aliphatic carbocycles. The summed E-state index contributed by atoms with van der Waals surface area (Å²) in [6.45, 7) is 6.56. The molecular formula is C53H77NO17P3S3-3. The number of aromatic hydroxyl groups is 2. The van der Waals surface area contributed by atoms with Crippen LogP contribution >= 0.6 is 19.1 Å². The molecule has 0 radical (unpaired) electrons. The van der Waals surface area contributed by atoms with Crippen LogP contribution in [-0.4, -0.2) is 158 Å². The number of carbonyl (C=O) groups is 2. The highest BCUT2D eigenvalue weighted by Gasteiger charge is 2.54. The lowest BCUT2D eigenvalue weighted by Crippen LogP contribution is -2.33. The van der Waals surface area contributed by atoms with Gasteiger partial charge in [-0.3, -0.25) is 4.79 Å². The van der Waals surface area contributed by atoms with Crippen molar-refractivity contribution in [2.45, 2.75) is 114 Å². The van der Waals surface area contributed by atoms with Crippen LogP contribution in [-0.2, 0) is 88.4 Å². The maximum absolute atomic E-state index is 13.2. The van der Waals surface area contributed by atoms with Crippen LogP contribution in [0.1, 0.15) is 105 Å². The van der Waals surface area contributed by atoms with Crippen LogP contribution in [0.2, 0.25) is 0 Å². The van der Waals surface area contributed by atoms with E-state index in [0.29, 0.717) is 90.8 Å². The number of esters is 1. The van der Waals surface area contributed by atoms with Crippen LogP contribution in [0.3, 0.4) is 0 Å². The smallest absolute Gasteiger partial charge is 0.340 e. The lowest BCUT2D eigenvalue weighted by Gasteiger charge is -2.36. The van der Waals surface area contributed by atoms with Crippen LogP contribution in [0.15, 0.2) is 54.6 Å². The number of carbonyl (C=O) groups excluding carboxylic acids is 2. The third kappa shape index (κ3) is 19.6. The minimum absolute atomic E-state index is 0.0118. The van der Waals surface area contributed by atoms with Crippen LogP contribution in [0, 0.1) is 5.92 Å². The zero-order valence-corrected chi connectivity index (χ0v) is 50.4. The Morgan fingerprint density at radius 1 is 0.857 bits per heavy atom. The molecule has 24 heteroatoms. The molecule has 5 aliphatic rings. The highest BCUT2D eigenvalue weighted by Crippen LogP contribution is 2.57. The van der Waals surface area contributed by atoms with Crippen LogP contribution in [0.25, 0.3) is 0 Å². The number of phenols is 2. The van der Waals surface area contributed by atoms with Crippen molar-refractivity contribution in [3.05, 3.63) is 82.4 Å². The fourth-order valence-corrected chi connectivity index (χ4v) is 12.6. The molecule has 3 aromatic carbocycles. The first kappa shape index (κ1) is 62.1. The molecule has 18 nitrogen and oxygen atoms in total. The fraction of sp³-hybridized carbons (Fsp3) is 0.623. The summed E-state index contributed by atoms with van der Waals surface area (Å²) in [5.74, 6) is 0.232. The van der Waals surface area contributed by atoms with Gasteiger partial charge in [0.2, 0.25) is 0 Å². The fourth-order valence-electron chi connectivity index (χ4n) is 9.48. The van der Waals surface area contributed by atoms with Crippen LogP contribution in [0.4, 0.5) is 0 Å². The van der Waals surface area contributed by atoms with Gasteiger partial charge in [-0.05, 0) is 133 Å². The zero-order valence-electron chi connectivity index (χ0n) is 47.2. The average molecular weight is 1190 g/mol. The molecule has 0 bridgehead atoms. The standard InChI is InChI=1S/C29H29NO7.C8H17O4PS.2C8H17O3PS/c1-17(16-35-2)5-3-4-12-30-27(33)18-6-9-22-21(13-18)28(34)37-29(22)23-10-7-19(31)14-25(23)36-26-15-20(32)8-11-24(26)29;1-6-4-7(12-13(3,9)14)8(11-6)5-10-2;2*1-10-7-3-5-11-8(7)4-6-12(2,9)13/h6-11,13-15,17,31-32H,3-5,12,16H2,1-2H3,(H,30,33);6-8H,4-5H2,1-3H3,(H,9,14);2*7-8H,3-6H2,1-2H3,(H,9,13)/p-3/t;6-,7?,8+,13?;2*7?,8-,12?/m.011/s1/i;;2*5T/t;;2*5-,7?,8+,12?/m..00. The van der Waals surface area contributed by atoms with E-state index in [1.54, 1.807) is 72.1 Å². The molecule has 432 valence electrons. The highest BCUT2D eigenvalue weighted by atomic mass is 32.7. The number of unbranched alkanes of at least 4 members (excludes halogenated alkanes) is 1. The number of fused-ring (bicyclic) bond motifs is 6. The van der Waals surface area contributed by atoms with Crippen LogP contribution < -0.4 is 19.8 Å². The van der Waals surface area contributed by atoms with Crippen molar-refractivity contribution in [2.24, 2.45) is 5.92 Å². The minimum atomic E-state index is -2.85. The van der Waals surface area contributed by atoms with Crippen molar-refractivity contribution >= 4 is 66.8 Å². The summed E-state index contributed by atoms with van der Waals surface area (Å²) in [6.07, 6.45) is 1.68. The van der Waals surface area contributed by atoms with Crippen molar-refractivity contribution in [1.82, 2.24) is 5.32 Å². The van der Waals surface area contributed by atoms with Gasteiger partial charge in [-0.2, -0.15) is 0 Å². The summed E-state index contributed by atoms with van der Waals surface area (Å²) in [5.41, 5.74) is 0.935. The molecule has 8 rings (SSSR count).